The predicted molar refractivity (Wildman–Crippen MR) is 59.8 cm³/mol. The molecule has 86 valence electrons. The number of nitrogens with zero attached hydrogens (tertiary/aromatic N) is 4. The molecule has 0 atom stereocenters. The zero-order valence-corrected chi connectivity index (χ0v) is 8.95. The number of aromatic hydroxyl groups is 1. The number of carbonyl (C=O) groups is 1. The van der Waals surface area contributed by atoms with Crippen molar-refractivity contribution in [2.45, 2.75) is 6.92 Å². The second kappa shape index (κ2) is 3.21. The van der Waals surface area contributed by atoms with Crippen LogP contribution in [-0.2, 0) is 4.79 Å². The van der Waals surface area contributed by atoms with Gasteiger partial charge < -0.3 is 5.11 Å². The fourth-order valence-corrected chi connectivity index (χ4v) is 1.81. The Morgan fingerprint density at radius 2 is 2.29 bits per heavy atom. The number of benzene rings is 1. The smallest absolute Gasteiger partial charge is 0.245 e. The summed E-state index contributed by atoms with van der Waals surface area (Å²) in [6, 6.07) is 4.95. The number of hydrogen-bond donors (Lipinski definition) is 2. The maximum Gasteiger partial charge on any atom is 0.245 e. The van der Waals surface area contributed by atoms with Crippen LogP contribution in [0.2, 0.25) is 0 Å². The summed E-state index contributed by atoms with van der Waals surface area (Å²) >= 11 is 0. The molecule has 0 bridgehead atoms. The van der Waals surface area contributed by atoms with Gasteiger partial charge in [-0.1, -0.05) is 6.07 Å². The summed E-state index contributed by atoms with van der Waals surface area (Å²) in [6.45, 7) is 1.40. The predicted octanol–water partition coefficient (Wildman–Crippen LogP) is 0.666. The molecule has 0 fully saturated rings. The van der Waals surface area contributed by atoms with Gasteiger partial charge in [-0.05, 0) is 12.1 Å². The number of nitrogens with one attached hydrogen (secondary N) is 1. The molecule has 1 aliphatic heterocycles. The van der Waals surface area contributed by atoms with Crippen molar-refractivity contribution >= 4 is 17.5 Å². The van der Waals surface area contributed by atoms with Crippen molar-refractivity contribution in [2.24, 2.45) is 0 Å². The number of hydrazine groups is 1. The molecular weight excluding hydrogens is 222 g/mol. The number of fused-ring (bicyclic) bond motifs is 3. The molecule has 1 aliphatic rings. The van der Waals surface area contributed by atoms with Crippen molar-refractivity contribution in [2.75, 3.05) is 10.4 Å². The third-order valence-corrected chi connectivity index (χ3v) is 2.52. The molecule has 0 spiro atoms. The van der Waals surface area contributed by atoms with Gasteiger partial charge in [-0.3, -0.25) is 10.2 Å². The van der Waals surface area contributed by atoms with Gasteiger partial charge in [0.1, 0.15) is 17.8 Å². The van der Waals surface area contributed by atoms with Gasteiger partial charge in [-0.25, -0.2) is 5.01 Å². The van der Waals surface area contributed by atoms with Gasteiger partial charge in [0.15, 0.2) is 0 Å². The molecule has 1 aromatic carbocycles. The number of phenolic OH excluding ortho intramolecular Hbond substituents is 1. The quantitative estimate of drug-likeness (QED) is 0.696. The molecule has 2 N–H and O–H groups in total. The lowest BCUT2D eigenvalue weighted by molar-refractivity contribution is -0.116. The lowest BCUT2D eigenvalue weighted by Crippen LogP contribution is -2.39. The Bertz CT molecular complexity index is 606. The van der Waals surface area contributed by atoms with E-state index in [-0.39, 0.29) is 11.7 Å². The van der Waals surface area contributed by atoms with E-state index in [1.54, 1.807) is 12.1 Å². The van der Waals surface area contributed by atoms with Crippen LogP contribution in [0.15, 0.2) is 24.5 Å². The van der Waals surface area contributed by atoms with Crippen molar-refractivity contribution < 1.29 is 9.90 Å². The average molecular weight is 231 g/mol. The van der Waals surface area contributed by atoms with Gasteiger partial charge in [0.05, 0.1) is 5.69 Å². The van der Waals surface area contributed by atoms with Crippen LogP contribution in [0.5, 0.6) is 5.75 Å². The second-order valence-corrected chi connectivity index (χ2v) is 3.61. The van der Waals surface area contributed by atoms with Crippen molar-refractivity contribution in [3.63, 3.8) is 0 Å². The number of carbonyl (C=O) groups excluding carboxylic acids is 1. The molecule has 2 heterocycles. The Morgan fingerprint density at radius 1 is 1.47 bits per heavy atom. The normalized spacial score (nSPS) is 12.6. The number of phenols is 1. The van der Waals surface area contributed by atoms with Crippen molar-refractivity contribution in [1.82, 2.24) is 14.8 Å². The van der Waals surface area contributed by atoms with Crippen LogP contribution in [0.4, 0.5) is 11.6 Å². The van der Waals surface area contributed by atoms with E-state index >= 15 is 0 Å². The second-order valence-electron chi connectivity index (χ2n) is 3.61. The minimum Gasteiger partial charge on any atom is -0.506 e. The fraction of sp³-hybridized carbons (Fsp3) is 0.100. The van der Waals surface area contributed by atoms with E-state index in [0.717, 1.165) is 0 Å². The first-order valence-corrected chi connectivity index (χ1v) is 4.98. The molecular formula is C10H9N5O2. The maximum atomic E-state index is 11.5. The summed E-state index contributed by atoms with van der Waals surface area (Å²) in [6.07, 6.45) is 1.37. The first-order valence-electron chi connectivity index (χ1n) is 4.98. The van der Waals surface area contributed by atoms with E-state index in [1.165, 1.54) is 29.0 Å². The van der Waals surface area contributed by atoms with E-state index in [4.69, 9.17) is 0 Å². The summed E-state index contributed by atoms with van der Waals surface area (Å²) < 4.78 is 1.52. The SMILES string of the molecule is CC(=O)N1Nc2ncnn2-c2cccc(O)c21. The third-order valence-electron chi connectivity index (χ3n) is 2.52. The van der Waals surface area contributed by atoms with Gasteiger partial charge in [-0.15, -0.1) is 0 Å². The lowest BCUT2D eigenvalue weighted by Gasteiger charge is -2.29. The molecule has 7 nitrogen and oxygen atoms in total. The molecule has 0 unspecified atom stereocenters. The van der Waals surface area contributed by atoms with E-state index in [9.17, 15) is 9.90 Å². The molecule has 3 rings (SSSR count). The molecule has 17 heavy (non-hydrogen) atoms. The van der Waals surface area contributed by atoms with Crippen LogP contribution in [0, 0.1) is 0 Å². The number of para-hydroxylation sites is 1. The molecule has 7 heteroatoms. The fourth-order valence-electron chi connectivity index (χ4n) is 1.81. The van der Waals surface area contributed by atoms with E-state index in [1.807, 2.05) is 0 Å². The Hall–Kier alpha value is -2.57. The molecule has 0 radical (unpaired) electrons. The highest BCUT2D eigenvalue weighted by Crippen LogP contribution is 2.37. The number of anilines is 2. The highest BCUT2D eigenvalue weighted by molar-refractivity contribution is 5.98. The molecule has 1 amide bonds. The number of aromatic nitrogens is 3. The lowest BCUT2D eigenvalue weighted by atomic mass is 10.2. The standard InChI is InChI=1S/C10H9N5O2/c1-6(16)14-9-7(3-2-4-8(9)17)15-10(13-14)11-5-12-15/h2-5,17H,1H3,(H,11,12,13). The zero-order chi connectivity index (χ0) is 12.0. The van der Waals surface area contributed by atoms with Crippen molar-refractivity contribution in [3.8, 4) is 11.4 Å². The zero-order valence-electron chi connectivity index (χ0n) is 8.95. The first-order chi connectivity index (χ1) is 8.18. The van der Waals surface area contributed by atoms with E-state index < -0.39 is 0 Å². The van der Waals surface area contributed by atoms with Crippen LogP contribution < -0.4 is 10.4 Å². The number of hydrogen-bond acceptors (Lipinski definition) is 5. The van der Waals surface area contributed by atoms with Crippen LogP contribution in [0.1, 0.15) is 6.92 Å². The van der Waals surface area contributed by atoms with Crippen LogP contribution >= 0.6 is 0 Å². The molecule has 0 aliphatic carbocycles. The molecule has 2 aromatic rings. The third kappa shape index (κ3) is 1.25. The summed E-state index contributed by atoms with van der Waals surface area (Å²) in [5.74, 6) is 0.187. The minimum atomic E-state index is -0.248. The van der Waals surface area contributed by atoms with Gasteiger partial charge in [0.2, 0.25) is 11.9 Å². The maximum absolute atomic E-state index is 11.5. The Morgan fingerprint density at radius 3 is 3.06 bits per heavy atom. The summed E-state index contributed by atoms with van der Waals surface area (Å²) in [7, 11) is 0. The van der Waals surface area contributed by atoms with Crippen LogP contribution in [0.3, 0.4) is 0 Å². The number of amides is 1. The van der Waals surface area contributed by atoms with Crippen molar-refractivity contribution in [1.29, 1.82) is 0 Å². The largest absolute Gasteiger partial charge is 0.506 e. The Labute approximate surface area is 96.3 Å². The first kappa shape index (κ1) is 9.64. The molecule has 0 saturated heterocycles. The topological polar surface area (TPSA) is 83.3 Å². The summed E-state index contributed by atoms with van der Waals surface area (Å²) in [4.78, 5) is 15.5. The van der Waals surface area contributed by atoms with Crippen molar-refractivity contribution in [3.05, 3.63) is 24.5 Å². The Balaban J connectivity index is 2.30. The van der Waals surface area contributed by atoms with E-state index in [0.29, 0.717) is 17.3 Å². The molecule has 1 aromatic heterocycles. The highest BCUT2D eigenvalue weighted by Gasteiger charge is 2.28. The average Bonchev–Trinajstić information content (AvgIpc) is 2.76. The minimum absolute atomic E-state index is 0.00588. The summed E-state index contributed by atoms with van der Waals surface area (Å²) in [5.41, 5.74) is 3.76. The number of rotatable bonds is 0. The van der Waals surface area contributed by atoms with Gasteiger partial charge in [0, 0.05) is 6.92 Å². The summed E-state index contributed by atoms with van der Waals surface area (Å²) in [5, 5.41) is 15.1. The van der Waals surface area contributed by atoms with Gasteiger partial charge in [-0.2, -0.15) is 14.8 Å². The molecule has 0 saturated carbocycles. The highest BCUT2D eigenvalue weighted by atomic mass is 16.3. The monoisotopic (exact) mass is 231 g/mol. The van der Waals surface area contributed by atoms with Gasteiger partial charge >= 0.3 is 0 Å². The van der Waals surface area contributed by atoms with Gasteiger partial charge in [0.25, 0.3) is 0 Å². The van der Waals surface area contributed by atoms with E-state index in [2.05, 4.69) is 15.5 Å². The van der Waals surface area contributed by atoms with Crippen LogP contribution in [0.25, 0.3) is 5.69 Å². The van der Waals surface area contributed by atoms with Crippen LogP contribution in [-0.4, -0.2) is 25.8 Å². The Kier molecular flexibility index (Phi) is 1.82.